The molecule has 2 aromatic rings. The van der Waals surface area contributed by atoms with Crippen molar-refractivity contribution in [2.75, 3.05) is 0 Å². The van der Waals surface area contributed by atoms with E-state index in [4.69, 9.17) is 28.2 Å². The molecule has 0 radical (unpaired) electrons. The smallest absolute Gasteiger partial charge is 0.127 e. The van der Waals surface area contributed by atoms with Crippen LogP contribution in [0.4, 0.5) is 4.39 Å². The van der Waals surface area contributed by atoms with Crippen LogP contribution in [0.1, 0.15) is 41.3 Å². The first kappa shape index (κ1) is 18.1. The summed E-state index contributed by atoms with van der Waals surface area (Å²) >= 11 is 11.6. The lowest BCUT2D eigenvalue weighted by molar-refractivity contribution is 0.455. The largest absolute Gasteiger partial charge is 0.277 e. The summed E-state index contributed by atoms with van der Waals surface area (Å²) in [6, 6.07) is 7.17. The van der Waals surface area contributed by atoms with Crippen LogP contribution >= 0.6 is 23.2 Å². The maximum absolute atomic E-state index is 14.5. The topological polar surface area (TPSA) is 25.2 Å². The second-order valence-electron chi connectivity index (χ2n) is 6.72. The van der Waals surface area contributed by atoms with Gasteiger partial charge in [0.25, 0.3) is 0 Å². The lowest BCUT2D eigenvalue weighted by Crippen LogP contribution is -2.33. The average molecular weight is 377 g/mol. The van der Waals surface area contributed by atoms with Crippen LogP contribution in [0.25, 0.3) is 0 Å². The zero-order chi connectivity index (χ0) is 18.2. The van der Waals surface area contributed by atoms with Gasteiger partial charge in [-0.25, -0.2) is 4.39 Å². The third-order valence-corrected chi connectivity index (χ3v) is 4.93. The lowest BCUT2D eigenvalue weighted by atomic mass is 9.82. The van der Waals surface area contributed by atoms with Crippen molar-refractivity contribution in [1.82, 2.24) is 4.98 Å². The number of fused-ring (bicyclic) bond motifs is 1. The van der Waals surface area contributed by atoms with Crippen LogP contribution < -0.4 is 0 Å². The number of nitrogens with zero attached hydrogens (tertiary/aromatic N) is 2. The number of aliphatic imine (C=N–C) groups is 1. The number of halogens is 3. The second kappa shape index (κ2) is 6.89. The molecule has 2 heterocycles. The summed E-state index contributed by atoms with van der Waals surface area (Å²) in [5.41, 5.74) is 4.68. The fourth-order valence-corrected chi connectivity index (χ4v) is 3.27. The molecule has 0 bridgehead atoms. The summed E-state index contributed by atoms with van der Waals surface area (Å²) in [4.78, 5) is 9.40. The first-order chi connectivity index (χ1) is 11.8. The summed E-state index contributed by atoms with van der Waals surface area (Å²) in [6.45, 7) is 5.97. The first-order valence-electron chi connectivity index (χ1n) is 8.11. The van der Waals surface area contributed by atoms with Gasteiger partial charge in [-0.3, -0.25) is 9.98 Å². The molecular formula is C20H19Cl2FN2. The average Bonchev–Trinajstić information content (AvgIpc) is 2.56. The van der Waals surface area contributed by atoms with E-state index in [1.54, 1.807) is 18.3 Å². The number of hydrogen-bond donors (Lipinski definition) is 0. The Morgan fingerprint density at radius 1 is 1.32 bits per heavy atom. The number of rotatable bonds is 3. The van der Waals surface area contributed by atoms with Crippen LogP contribution in [-0.4, -0.2) is 16.2 Å². The van der Waals surface area contributed by atoms with Gasteiger partial charge in [-0.2, -0.15) is 0 Å². The molecule has 0 amide bonds. The molecule has 3 rings (SSSR count). The van der Waals surface area contributed by atoms with E-state index in [1.807, 2.05) is 32.9 Å². The third kappa shape index (κ3) is 3.78. The maximum Gasteiger partial charge on any atom is 0.127 e. The summed E-state index contributed by atoms with van der Waals surface area (Å²) < 4.78 is 14.7. The maximum atomic E-state index is 14.5. The molecule has 25 heavy (non-hydrogen) atoms. The normalized spacial score (nSPS) is 19.2. The molecule has 0 aliphatic carbocycles. The van der Waals surface area contributed by atoms with Gasteiger partial charge in [0.15, 0.2) is 0 Å². The van der Waals surface area contributed by atoms with Crippen molar-refractivity contribution in [3.8, 4) is 0 Å². The second-order valence-corrected chi connectivity index (χ2v) is 7.73. The van der Waals surface area contributed by atoms with Gasteiger partial charge < -0.3 is 0 Å². The highest BCUT2D eigenvalue weighted by Crippen LogP contribution is 2.34. The molecule has 1 unspecified atom stereocenters. The zero-order valence-corrected chi connectivity index (χ0v) is 15.9. The van der Waals surface area contributed by atoms with E-state index in [0.717, 1.165) is 28.1 Å². The van der Waals surface area contributed by atoms with E-state index < -0.39 is 5.54 Å². The first-order valence-corrected chi connectivity index (χ1v) is 8.87. The summed E-state index contributed by atoms with van der Waals surface area (Å²) in [7, 11) is 0. The van der Waals surface area contributed by atoms with Crippen LogP contribution in [0.2, 0.25) is 0 Å². The van der Waals surface area contributed by atoms with E-state index in [0.29, 0.717) is 18.4 Å². The SMILES string of the molecule is Cc1cc(C2=NC(C)(CC=C(Cl)Cl)Cc3c(F)cccc32)cnc1C. The molecule has 0 saturated heterocycles. The van der Waals surface area contributed by atoms with Crippen LogP contribution in [-0.2, 0) is 6.42 Å². The van der Waals surface area contributed by atoms with Crippen molar-refractivity contribution in [3.63, 3.8) is 0 Å². The molecule has 5 heteroatoms. The molecule has 1 aliphatic heterocycles. The van der Waals surface area contributed by atoms with Crippen molar-refractivity contribution in [3.05, 3.63) is 74.8 Å². The van der Waals surface area contributed by atoms with E-state index in [1.165, 1.54) is 6.07 Å². The molecular weight excluding hydrogens is 358 g/mol. The van der Waals surface area contributed by atoms with Gasteiger partial charge in [0.05, 0.1) is 11.3 Å². The number of aromatic nitrogens is 1. The van der Waals surface area contributed by atoms with Gasteiger partial charge in [0, 0.05) is 29.4 Å². The number of hydrogen-bond acceptors (Lipinski definition) is 2. The molecule has 0 spiro atoms. The van der Waals surface area contributed by atoms with Crippen LogP contribution in [0.3, 0.4) is 0 Å². The predicted octanol–water partition coefficient (Wildman–Crippen LogP) is 5.70. The molecule has 0 fully saturated rings. The van der Waals surface area contributed by atoms with E-state index in [2.05, 4.69) is 4.98 Å². The van der Waals surface area contributed by atoms with E-state index >= 15 is 0 Å². The van der Waals surface area contributed by atoms with Gasteiger partial charge in [0.1, 0.15) is 10.3 Å². The van der Waals surface area contributed by atoms with Crippen LogP contribution in [0.5, 0.6) is 0 Å². The van der Waals surface area contributed by atoms with Crippen molar-refractivity contribution >= 4 is 28.9 Å². The fourth-order valence-electron chi connectivity index (χ4n) is 3.12. The molecule has 1 aromatic carbocycles. The van der Waals surface area contributed by atoms with Crippen LogP contribution in [0.15, 0.2) is 46.0 Å². The highest BCUT2D eigenvalue weighted by atomic mass is 35.5. The Balaban J connectivity index is 2.17. The monoisotopic (exact) mass is 376 g/mol. The molecule has 2 nitrogen and oxygen atoms in total. The summed E-state index contributed by atoms with van der Waals surface area (Å²) in [6.07, 6.45) is 4.54. The van der Waals surface area contributed by atoms with Crippen molar-refractivity contribution in [2.24, 2.45) is 4.99 Å². The van der Waals surface area contributed by atoms with Gasteiger partial charge in [0.2, 0.25) is 0 Å². The lowest BCUT2D eigenvalue weighted by Gasteiger charge is -2.32. The van der Waals surface area contributed by atoms with Gasteiger partial charge >= 0.3 is 0 Å². The zero-order valence-electron chi connectivity index (χ0n) is 14.4. The minimum absolute atomic E-state index is 0.199. The van der Waals surface area contributed by atoms with E-state index in [9.17, 15) is 4.39 Å². The van der Waals surface area contributed by atoms with E-state index in [-0.39, 0.29) is 10.3 Å². The Bertz CT molecular complexity index is 885. The van der Waals surface area contributed by atoms with Gasteiger partial charge in [-0.05, 0) is 50.5 Å². The molecule has 130 valence electrons. The minimum atomic E-state index is -0.516. The van der Waals surface area contributed by atoms with Gasteiger partial charge in [-0.1, -0.05) is 41.4 Å². The predicted molar refractivity (Wildman–Crippen MR) is 102 cm³/mol. The highest BCUT2D eigenvalue weighted by Gasteiger charge is 2.32. The van der Waals surface area contributed by atoms with Gasteiger partial charge in [-0.15, -0.1) is 0 Å². The molecule has 0 saturated carbocycles. The minimum Gasteiger partial charge on any atom is -0.277 e. The quantitative estimate of drug-likeness (QED) is 0.674. The summed E-state index contributed by atoms with van der Waals surface area (Å²) in [5.74, 6) is -0.214. The summed E-state index contributed by atoms with van der Waals surface area (Å²) in [5, 5.41) is 0. The van der Waals surface area contributed by atoms with Crippen molar-refractivity contribution in [1.29, 1.82) is 0 Å². The number of pyridine rings is 1. The molecule has 0 N–H and O–H groups in total. The van der Waals surface area contributed by atoms with Crippen molar-refractivity contribution in [2.45, 2.75) is 39.2 Å². The number of aryl methyl sites for hydroxylation is 2. The third-order valence-electron chi connectivity index (χ3n) is 4.62. The highest BCUT2D eigenvalue weighted by molar-refractivity contribution is 6.55. The Labute approximate surface area is 157 Å². The molecule has 1 aromatic heterocycles. The molecule has 1 atom stereocenters. The number of benzene rings is 1. The Hall–Kier alpha value is -1.71. The molecule has 1 aliphatic rings. The van der Waals surface area contributed by atoms with Crippen LogP contribution in [0, 0.1) is 19.7 Å². The van der Waals surface area contributed by atoms with Crippen molar-refractivity contribution < 1.29 is 4.39 Å². The standard InChI is InChI=1S/C20H19Cl2FN2/c1-12-9-14(11-24-13(12)2)19-15-5-4-6-17(23)16(15)10-20(3,25-19)8-7-18(21)22/h4-7,9,11H,8,10H2,1-3H3. The Morgan fingerprint density at radius 3 is 2.76 bits per heavy atom. The fraction of sp³-hybridized carbons (Fsp3) is 0.300. The Morgan fingerprint density at radius 2 is 2.08 bits per heavy atom. The Kier molecular flexibility index (Phi) is 4.99.